The van der Waals surface area contributed by atoms with Crippen LogP contribution in [0.5, 0.6) is 0 Å². The molecule has 8 N–H and O–H groups in total. The SMILES string of the molecule is C=C1[C@H](COP(=O)(O)OP(=O)(O)OP(=O)(O)O)[C@@H](O)C[C@@H]1n1cnc2c(=O)[nH]c(N)nc21. The van der Waals surface area contributed by atoms with Crippen LogP contribution >= 0.6 is 23.5 Å². The van der Waals surface area contributed by atoms with E-state index in [2.05, 4.69) is 34.7 Å². The van der Waals surface area contributed by atoms with Crippen molar-refractivity contribution >= 4 is 40.6 Å². The van der Waals surface area contributed by atoms with Gasteiger partial charge < -0.3 is 35.0 Å². The number of phosphoric ester groups is 1. The third kappa shape index (κ3) is 5.60. The van der Waals surface area contributed by atoms with Crippen molar-refractivity contribution in [3.8, 4) is 0 Å². The second kappa shape index (κ2) is 8.56. The van der Waals surface area contributed by atoms with Crippen molar-refractivity contribution in [2.24, 2.45) is 5.92 Å². The molecular weight excluding hydrogens is 499 g/mol. The first-order chi connectivity index (χ1) is 14.6. The number of hydrogen-bond acceptors (Lipinski definition) is 11. The normalized spacial score (nSPS) is 25.7. The van der Waals surface area contributed by atoms with Gasteiger partial charge in [0.15, 0.2) is 11.2 Å². The molecule has 2 heterocycles. The van der Waals surface area contributed by atoms with E-state index in [0.717, 1.165) is 0 Å². The van der Waals surface area contributed by atoms with Gasteiger partial charge in [-0.25, -0.2) is 18.7 Å². The Bertz CT molecular complexity index is 1250. The van der Waals surface area contributed by atoms with Crippen molar-refractivity contribution in [1.29, 1.82) is 0 Å². The summed E-state index contributed by atoms with van der Waals surface area (Å²) in [6.45, 7) is 3.09. The molecule has 1 fully saturated rings. The third-order valence-electron chi connectivity index (χ3n) is 4.45. The number of nitrogens with two attached hydrogens (primary N) is 1. The van der Waals surface area contributed by atoms with Crippen LogP contribution in [0.3, 0.4) is 0 Å². The van der Waals surface area contributed by atoms with Gasteiger partial charge in [0.25, 0.3) is 5.56 Å². The smallest absolute Gasteiger partial charge is 0.392 e. The van der Waals surface area contributed by atoms with Crippen LogP contribution in [0, 0.1) is 5.92 Å². The number of imidazole rings is 1. The quantitative estimate of drug-likeness (QED) is 0.172. The number of H-pyrrole nitrogens is 1. The minimum atomic E-state index is -5.67. The maximum absolute atomic E-state index is 11.9. The summed E-state index contributed by atoms with van der Waals surface area (Å²) in [5.41, 5.74) is 5.33. The Morgan fingerprint density at radius 1 is 1.22 bits per heavy atom. The van der Waals surface area contributed by atoms with Crippen LogP contribution in [0.1, 0.15) is 12.5 Å². The minimum absolute atomic E-state index is 0.0156. The number of aromatic nitrogens is 4. The van der Waals surface area contributed by atoms with E-state index in [4.69, 9.17) is 15.5 Å². The number of phosphoric acid groups is 3. The summed E-state index contributed by atoms with van der Waals surface area (Å²) in [5, 5.41) is 10.4. The number of hydrogen-bond donors (Lipinski definition) is 7. The van der Waals surface area contributed by atoms with Crippen LogP contribution in [0.25, 0.3) is 11.2 Å². The maximum atomic E-state index is 11.9. The van der Waals surface area contributed by atoms with Gasteiger partial charge in [-0.1, -0.05) is 6.58 Å². The molecule has 5 atom stereocenters. The van der Waals surface area contributed by atoms with Gasteiger partial charge in [-0.05, 0) is 12.0 Å². The number of fused-ring (bicyclic) bond motifs is 1. The average Bonchev–Trinajstić information content (AvgIpc) is 3.11. The maximum Gasteiger partial charge on any atom is 0.490 e. The van der Waals surface area contributed by atoms with E-state index in [9.17, 15) is 33.4 Å². The number of anilines is 1. The van der Waals surface area contributed by atoms with Gasteiger partial charge in [0.05, 0.1) is 25.1 Å². The highest BCUT2D eigenvalue weighted by atomic mass is 31.3. The van der Waals surface area contributed by atoms with Gasteiger partial charge in [0, 0.05) is 5.92 Å². The Kier molecular flexibility index (Phi) is 6.66. The average molecular weight is 517 g/mol. The van der Waals surface area contributed by atoms with E-state index >= 15 is 0 Å². The van der Waals surface area contributed by atoms with Crippen molar-refractivity contribution in [3.63, 3.8) is 0 Å². The predicted molar refractivity (Wildman–Crippen MR) is 105 cm³/mol. The predicted octanol–water partition coefficient (Wildman–Crippen LogP) is -0.477. The Balaban J connectivity index is 1.74. The van der Waals surface area contributed by atoms with E-state index in [0.29, 0.717) is 0 Å². The number of aromatic amines is 1. The molecule has 0 radical (unpaired) electrons. The van der Waals surface area contributed by atoms with Gasteiger partial charge in [-0.3, -0.25) is 14.3 Å². The lowest BCUT2D eigenvalue weighted by molar-refractivity contribution is 0.0933. The molecule has 2 unspecified atom stereocenters. The molecule has 0 spiro atoms. The molecule has 2 aromatic rings. The van der Waals surface area contributed by atoms with Gasteiger partial charge >= 0.3 is 23.5 Å². The van der Waals surface area contributed by atoms with Gasteiger partial charge in [0.2, 0.25) is 5.95 Å². The molecule has 178 valence electrons. The van der Waals surface area contributed by atoms with Crippen LogP contribution < -0.4 is 11.3 Å². The number of aliphatic hydroxyl groups is 1. The first-order valence-corrected chi connectivity index (χ1v) is 13.0. The van der Waals surface area contributed by atoms with Crippen molar-refractivity contribution in [3.05, 3.63) is 28.8 Å². The number of nitrogens with one attached hydrogen (secondary N) is 1. The lowest BCUT2D eigenvalue weighted by atomic mass is 10.0. The third-order valence-corrected chi connectivity index (χ3v) is 8.26. The molecule has 0 bridgehead atoms. The molecule has 2 aromatic heterocycles. The first-order valence-electron chi connectivity index (χ1n) is 8.46. The summed E-state index contributed by atoms with van der Waals surface area (Å²) in [7, 11) is -16.6. The number of rotatable bonds is 8. The van der Waals surface area contributed by atoms with Crippen LogP contribution in [0.4, 0.5) is 5.95 Å². The van der Waals surface area contributed by atoms with Crippen LogP contribution in [0.2, 0.25) is 0 Å². The molecule has 3 rings (SSSR count). The van der Waals surface area contributed by atoms with E-state index in [1.54, 1.807) is 0 Å². The molecular formula is C12H18N5O12P3. The van der Waals surface area contributed by atoms with Crippen LogP contribution in [-0.4, -0.2) is 56.9 Å². The fourth-order valence-corrected chi connectivity index (χ4v) is 6.24. The molecule has 1 aliphatic carbocycles. The number of nitrogen functional groups attached to an aromatic ring is 1. The summed E-state index contributed by atoms with van der Waals surface area (Å²) in [6.07, 6.45) is 0.125. The highest BCUT2D eigenvalue weighted by molar-refractivity contribution is 7.66. The standard InChI is InChI=1S/C12H18N5O12P3/c1-5-6(3-27-31(23,24)29-32(25,26)28-30(20,21)22)8(18)2-7(5)17-4-14-9-10(17)15-12(13)16-11(9)19/h4,6-8,18H,1-3H2,(H,23,24)(H,25,26)(H2,20,21,22)(H3,13,15,16,19)/t6-,7-,8-/m0/s1. The lowest BCUT2D eigenvalue weighted by Crippen LogP contribution is -2.19. The fraction of sp³-hybridized carbons (Fsp3) is 0.417. The number of aliphatic hydroxyl groups excluding tert-OH is 1. The largest absolute Gasteiger partial charge is 0.490 e. The zero-order chi connectivity index (χ0) is 24.1. The van der Waals surface area contributed by atoms with E-state index in [1.165, 1.54) is 10.9 Å². The lowest BCUT2D eigenvalue weighted by Gasteiger charge is -2.20. The summed E-state index contributed by atoms with van der Waals surface area (Å²) in [6, 6.07) is -0.668. The Hall–Kier alpha value is -1.74. The zero-order valence-corrected chi connectivity index (χ0v) is 18.5. The fourth-order valence-electron chi connectivity index (χ4n) is 3.20. The topological polar surface area (TPSA) is 270 Å². The Labute approximate surface area is 178 Å². The van der Waals surface area contributed by atoms with E-state index in [1.807, 2.05) is 0 Å². The highest BCUT2D eigenvalue weighted by Crippen LogP contribution is 2.66. The molecule has 0 aromatic carbocycles. The van der Waals surface area contributed by atoms with Crippen molar-refractivity contribution in [2.45, 2.75) is 18.6 Å². The second-order valence-electron chi connectivity index (χ2n) is 6.66. The van der Waals surface area contributed by atoms with Crippen molar-refractivity contribution < 1.29 is 51.5 Å². The van der Waals surface area contributed by atoms with Crippen molar-refractivity contribution in [2.75, 3.05) is 12.3 Å². The summed E-state index contributed by atoms with van der Waals surface area (Å²) < 4.78 is 47.2. The summed E-state index contributed by atoms with van der Waals surface area (Å²) >= 11 is 0. The summed E-state index contributed by atoms with van der Waals surface area (Å²) in [5.74, 6) is -1.15. The van der Waals surface area contributed by atoms with Gasteiger partial charge in [-0.2, -0.15) is 13.6 Å². The summed E-state index contributed by atoms with van der Waals surface area (Å²) in [4.78, 5) is 58.0. The second-order valence-corrected chi connectivity index (χ2v) is 11.1. The Morgan fingerprint density at radius 3 is 2.50 bits per heavy atom. The molecule has 20 heteroatoms. The monoisotopic (exact) mass is 517 g/mol. The Morgan fingerprint density at radius 2 is 1.88 bits per heavy atom. The van der Waals surface area contributed by atoms with Crippen molar-refractivity contribution in [1.82, 2.24) is 19.5 Å². The van der Waals surface area contributed by atoms with Gasteiger partial charge in [-0.15, -0.1) is 0 Å². The highest BCUT2D eigenvalue weighted by Gasteiger charge is 2.43. The molecule has 1 aliphatic rings. The molecule has 0 amide bonds. The van der Waals surface area contributed by atoms with E-state index in [-0.39, 0.29) is 29.1 Å². The first kappa shape index (κ1) is 24.9. The van der Waals surface area contributed by atoms with Gasteiger partial charge in [0.1, 0.15) is 0 Å². The molecule has 17 nitrogen and oxygen atoms in total. The zero-order valence-electron chi connectivity index (χ0n) is 15.8. The minimum Gasteiger partial charge on any atom is -0.392 e. The molecule has 0 saturated heterocycles. The molecule has 0 aliphatic heterocycles. The molecule has 32 heavy (non-hydrogen) atoms. The van der Waals surface area contributed by atoms with E-state index < -0.39 is 53.7 Å². The number of nitrogens with zero attached hydrogens (tertiary/aromatic N) is 3. The van der Waals surface area contributed by atoms with Crippen LogP contribution in [0.15, 0.2) is 23.3 Å². The van der Waals surface area contributed by atoms with Crippen LogP contribution in [-0.2, 0) is 26.8 Å². The molecule has 1 saturated carbocycles.